The predicted octanol–water partition coefficient (Wildman–Crippen LogP) is 4.24. The standard InChI is InChI=1S/C14H20F3N/c1-3-11-5-7-12(8-6-11)13(18-4-2)9-10-14(15,16)17/h5-8,13,18H,3-4,9-10H2,1-2H3. The third kappa shape index (κ3) is 5.08. The zero-order chi connectivity index (χ0) is 13.6. The summed E-state index contributed by atoms with van der Waals surface area (Å²) in [4.78, 5) is 0. The van der Waals surface area contributed by atoms with Gasteiger partial charge in [-0.15, -0.1) is 0 Å². The molecule has 0 aromatic heterocycles. The van der Waals surface area contributed by atoms with Crippen LogP contribution in [0, 0.1) is 0 Å². The molecule has 0 aliphatic heterocycles. The van der Waals surface area contributed by atoms with Crippen molar-refractivity contribution >= 4 is 0 Å². The summed E-state index contributed by atoms with van der Waals surface area (Å²) >= 11 is 0. The van der Waals surface area contributed by atoms with Crippen LogP contribution in [0.3, 0.4) is 0 Å². The highest BCUT2D eigenvalue weighted by atomic mass is 19.4. The molecular weight excluding hydrogens is 239 g/mol. The van der Waals surface area contributed by atoms with Gasteiger partial charge in [0.2, 0.25) is 0 Å². The van der Waals surface area contributed by atoms with E-state index in [0.717, 1.165) is 12.0 Å². The Kier molecular flexibility index (Phi) is 5.66. The monoisotopic (exact) mass is 259 g/mol. The molecule has 0 spiro atoms. The molecule has 0 radical (unpaired) electrons. The Bertz CT molecular complexity index is 343. The zero-order valence-electron chi connectivity index (χ0n) is 10.8. The lowest BCUT2D eigenvalue weighted by Gasteiger charge is -2.19. The van der Waals surface area contributed by atoms with Crippen molar-refractivity contribution in [3.8, 4) is 0 Å². The number of alkyl halides is 3. The topological polar surface area (TPSA) is 12.0 Å². The fourth-order valence-corrected chi connectivity index (χ4v) is 1.93. The van der Waals surface area contributed by atoms with Crippen molar-refractivity contribution in [3.05, 3.63) is 35.4 Å². The Balaban J connectivity index is 2.70. The van der Waals surface area contributed by atoms with Crippen LogP contribution < -0.4 is 5.32 Å². The van der Waals surface area contributed by atoms with Gasteiger partial charge < -0.3 is 5.32 Å². The smallest absolute Gasteiger partial charge is 0.310 e. The van der Waals surface area contributed by atoms with E-state index in [1.165, 1.54) is 5.56 Å². The normalized spacial score (nSPS) is 13.6. The average Bonchev–Trinajstić information content (AvgIpc) is 2.33. The van der Waals surface area contributed by atoms with Gasteiger partial charge in [0.05, 0.1) is 0 Å². The van der Waals surface area contributed by atoms with E-state index in [1.807, 2.05) is 31.2 Å². The van der Waals surface area contributed by atoms with E-state index in [-0.39, 0.29) is 12.5 Å². The molecular formula is C14H20F3N. The van der Waals surface area contributed by atoms with Crippen LogP contribution in [0.5, 0.6) is 0 Å². The van der Waals surface area contributed by atoms with E-state index < -0.39 is 12.6 Å². The second-order valence-corrected chi connectivity index (χ2v) is 4.36. The molecule has 1 unspecified atom stereocenters. The molecule has 1 nitrogen and oxygen atoms in total. The zero-order valence-corrected chi connectivity index (χ0v) is 10.8. The first kappa shape index (κ1) is 15.0. The van der Waals surface area contributed by atoms with E-state index in [2.05, 4.69) is 12.2 Å². The second-order valence-electron chi connectivity index (χ2n) is 4.36. The van der Waals surface area contributed by atoms with Gasteiger partial charge in [-0.05, 0) is 30.5 Å². The molecule has 1 atom stereocenters. The summed E-state index contributed by atoms with van der Waals surface area (Å²) in [5.74, 6) is 0. The van der Waals surface area contributed by atoms with Crippen molar-refractivity contribution < 1.29 is 13.2 Å². The molecule has 0 fully saturated rings. The van der Waals surface area contributed by atoms with Crippen molar-refractivity contribution in [1.29, 1.82) is 0 Å². The molecule has 0 aliphatic rings. The van der Waals surface area contributed by atoms with Crippen molar-refractivity contribution in [1.82, 2.24) is 5.32 Å². The maximum atomic E-state index is 12.3. The predicted molar refractivity (Wildman–Crippen MR) is 67.5 cm³/mol. The Labute approximate surface area is 106 Å². The maximum Gasteiger partial charge on any atom is 0.389 e. The lowest BCUT2D eigenvalue weighted by Crippen LogP contribution is -2.23. The quantitative estimate of drug-likeness (QED) is 0.805. The van der Waals surface area contributed by atoms with Gasteiger partial charge in [-0.1, -0.05) is 38.1 Å². The van der Waals surface area contributed by atoms with E-state index in [0.29, 0.717) is 6.54 Å². The van der Waals surface area contributed by atoms with Gasteiger partial charge in [0.1, 0.15) is 0 Å². The van der Waals surface area contributed by atoms with Crippen LogP contribution >= 0.6 is 0 Å². The number of benzene rings is 1. The summed E-state index contributed by atoms with van der Waals surface area (Å²) in [6.45, 7) is 4.62. The number of rotatable bonds is 6. The number of hydrogen-bond donors (Lipinski definition) is 1. The Morgan fingerprint density at radius 2 is 1.72 bits per heavy atom. The lowest BCUT2D eigenvalue weighted by molar-refractivity contribution is -0.136. The molecule has 0 saturated heterocycles. The minimum absolute atomic E-state index is 0.0861. The van der Waals surface area contributed by atoms with E-state index in [4.69, 9.17) is 0 Å². The highest BCUT2D eigenvalue weighted by Gasteiger charge is 2.28. The van der Waals surface area contributed by atoms with Gasteiger partial charge in [0.15, 0.2) is 0 Å². The molecule has 4 heteroatoms. The molecule has 0 aliphatic carbocycles. The first-order valence-corrected chi connectivity index (χ1v) is 6.35. The van der Waals surface area contributed by atoms with Crippen LogP contribution in [0.4, 0.5) is 13.2 Å². The first-order valence-electron chi connectivity index (χ1n) is 6.35. The van der Waals surface area contributed by atoms with Crippen LogP contribution in [0.2, 0.25) is 0 Å². The minimum atomic E-state index is -4.09. The molecule has 0 heterocycles. The fourth-order valence-electron chi connectivity index (χ4n) is 1.93. The molecule has 0 bridgehead atoms. The largest absolute Gasteiger partial charge is 0.389 e. The van der Waals surface area contributed by atoms with Gasteiger partial charge in [0, 0.05) is 12.5 Å². The molecule has 1 aromatic rings. The van der Waals surface area contributed by atoms with Crippen LogP contribution in [0.1, 0.15) is 43.9 Å². The SMILES string of the molecule is CCNC(CCC(F)(F)F)c1ccc(CC)cc1. The van der Waals surface area contributed by atoms with Gasteiger partial charge in [-0.25, -0.2) is 0 Å². The summed E-state index contributed by atoms with van der Waals surface area (Å²) in [7, 11) is 0. The van der Waals surface area contributed by atoms with Gasteiger partial charge >= 0.3 is 6.18 Å². The molecule has 18 heavy (non-hydrogen) atoms. The van der Waals surface area contributed by atoms with Crippen LogP contribution in [-0.4, -0.2) is 12.7 Å². The van der Waals surface area contributed by atoms with Crippen LogP contribution in [0.25, 0.3) is 0 Å². The summed E-state index contributed by atoms with van der Waals surface area (Å²) in [5.41, 5.74) is 2.13. The molecule has 102 valence electrons. The second kappa shape index (κ2) is 6.78. The molecule has 1 N–H and O–H groups in total. The number of halogens is 3. The van der Waals surface area contributed by atoms with Gasteiger partial charge in [-0.2, -0.15) is 13.2 Å². The van der Waals surface area contributed by atoms with Gasteiger partial charge in [0.25, 0.3) is 0 Å². The number of aryl methyl sites for hydroxylation is 1. The molecule has 1 aromatic carbocycles. The maximum absolute atomic E-state index is 12.3. The number of hydrogen-bond acceptors (Lipinski definition) is 1. The van der Waals surface area contributed by atoms with Gasteiger partial charge in [-0.3, -0.25) is 0 Å². The molecule has 0 saturated carbocycles. The van der Waals surface area contributed by atoms with Crippen LogP contribution in [0.15, 0.2) is 24.3 Å². The van der Waals surface area contributed by atoms with E-state index in [1.54, 1.807) is 0 Å². The minimum Gasteiger partial charge on any atom is -0.310 e. The Morgan fingerprint density at radius 1 is 1.11 bits per heavy atom. The van der Waals surface area contributed by atoms with E-state index in [9.17, 15) is 13.2 Å². The van der Waals surface area contributed by atoms with Crippen molar-refractivity contribution in [2.24, 2.45) is 0 Å². The first-order chi connectivity index (χ1) is 8.46. The summed E-state index contributed by atoms with van der Waals surface area (Å²) < 4.78 is 36.8. The lowest BCUT2D eigenvalue weighted by atomic mass is 10.00. The highest BCUT2D eigenvalue weighted by molar-refractivity contribution is 5.25. The van der Waals surface area contributed by atoms with E-state index >= 15 is 0 Å². The average molecular weight is 259 g/mol. The summed E-state index contributed by atoms with van der Waals surface area (Å²) in [6, 6.07) is 7.58. The Hall–Kier alpha value is -1.03. The van der Waals surface area contributed by atoms with Crippen molar-refractivity contribution in [2.45, 2.75) is 45.3 Å². The van der Waals surface area contributed by atoms with Crippen molar-refractivity contribution in [3.63, 3.8) is 0 Å². The summed E-state index contributed by atoms with van der Waals surface area (Å²) in [6.07, 6.45) is -3.81. The molecule has 0 amide bonds. The number of nitrogens with one attached hydrogen (secondary N) is 1. The fraction of sp³-hybridized carbons (Fsp3) is 0.571. The third-order valence-electron chi connectivity index (χ3n) is 2.96. The third-order valence-corrected chi connectivity index (χ3v) is 2.96. The highest BCUT2D eigenvalue weighted by Crippen LogP contribution is 2.27. The summed E-state index contributed by atoms with van der Waals surface area (Å²) in [5, 5.41) is 3.11. The van der Waals surface area contributed by atoms with Crippen LogP contribution in [-0.2, 0) is 6.42 Å². The van der Waals surface area contributed by atoms with Crippen molar-refractivity contribution in [2.75, 3.05) is 6.54 Å². The molecule has 1 rings (SSSR count). The Morgan fingerprint density at radius 3 is 2.17 bits per heavy atom.